The van der Waals surface area contributed by atoms with Crippen LogP contribution in [0.5, 0.6) is 0 Å². The van der Waals surface area contributed by atoms with Gasteiger partial charge in [-0.05, 0) is 38.2 Å². The van der Waals surface area contributed by atoms with Crippen molar-refractivity contribution in [3.8, 4) is 11.5 Å². The first-order valence-corrected chi connectivity index (χ1v) is 6.02. The molecule has 0 aliphatic carbocycles. The quantitative estimate of drug-likeness (QED) is 0.829. The van der Waals surface area contributed by atoms with Crippen LogP contribution in [0.1, 0.15) is 12.2 Å². The first-order valence-electron chi connectivity index (χ1n) is 5.65. The number of rotatable bonds is 5. The molecule has 0 saturated heterocycles. The van der Waals surface area contributed by atoms with Gasteiger partial charge >= 0.3 is 0 Å². The summed E-state index contributed by atoms with van der Waals surface area (Å²) >= 11 is 5.93. The van der Waals surface area contributed by atoms with Gasteiger partial charge in [-0.3, -0.25) is 0 Å². The molecule has 0 unspecified atom stereocenters. The first-order chi connectivity index (χ1) is 8.29. The molecule has 0 amide bonds. The monoisotopic (exact) mass is 250 g/mol. The van der Waals surface area contributed by atoms with Crippen molar-refractivity contribution in [2.75, 3.05) is 13.6 Å². The Morgan fingerprint density at radius 3 is 3.06 bits per heavy atom. The van der Waals surface area contributed by atoms with Gasteiger partial charge in [0.2, 0.25) is 5.89 Å². The lowest BCUT2D eigenvalue weighted by molar-refractivity contribution is 0.507. The average molecular weight is 251 g/mol. The Labute approximate surface area is 106 Å². The van der Waals surface area contributed by atoms with Gasteiger partial charge in [-0.1, -0.05) is 17.7 Å². The van der Waals surface area contributed by atoms with Gasteiger partial charge in [-0.15, -0.1) is 0 Å². The molecule has 4 heteroatoms. The Bertz CT molecular complexity index is 482. The van der Waals surface area contributed by atoms with Crippen LogP contribution in [0.15, 0.2) is 34.9 Å². The number of halogens is 1. The van der Waals surface area contributed by atoms with E-state index in [1.54, 1.807) is 6.20 Å². The predicted molar refractivity (Wildman–Crippen MR) is 69.2 cm³/mol. The summed E-state index contributed by atoms with van der Waals surface area (Å²) < 4.78 is 5.67. The molecule has 0 aliphatic rings. The molecule has 1 N–H and O–H groups in total. The van der Waals surface area contributed by atoms with Gasteiger partial charge in [-0.2, -0.15) is 0 Å². The molecule has 2 rings (SSSR count). The average Bonchev–Trinajstić information content (AvgIpc) is 2.78. The maximum Gasteiger partial charge on any atom is 0.226 e. The smallest absolute Gasteiger partial charge is 0.226 e. The third-order valence-corrected chi connectivity index (χ3v) is 2.71. The van der Waals surface area contributed by atoms with E-state index in [0.717, 1.165) is 30.7 Å². The summed E-state index contributed by atoms with van der Waals surface area (Å²) in [4.78, 5) is 4.26. The van der Waals surface area contributed by atoms with Crippen LogP contribution in [0.2, 0.25) is 5.02 Å². The fourth-order valence-corrected chi connectivity index (χ4v) is 1.81. The Morgan fingerprint density at radius 1 is 1.41 bits per heavy atom. The Hall–Kier alpha value is -1.32. The molecule has 2 aromatic rings. The minimum absolute atomic E-state index is 0.631. The predicted octanol–water partition coefficient (Wildman–Crippen LogP) is 3.15. The van der Waals surface area contributed by atoms with Crippen LogP contribution in [-0.4, -0.2) is 18.6 Å². The van der Waals surface area contributed by atoms with Crippen LogP contribution in [-0.2, 0) is 6.42 Å². The highest BCUT2D eigenvalue weighted by molar-refractivity contribution is 6.30. The number of aryl methyl sites for hydroxylation is 1. The van der Waals surface area contributed by atoms with Crippen molar-refractivity contribution in [2.45, 2.75) is 12.8 Å². The van der Waals surface area contributed by atoms with Crippen molar-refractivity contribution < 1.29 is 4.42 Å². The van der Waals surface area contributed by atoms with E-state index < -0.39 is 0 Å². The van der Waals surface area contributed by atoms with Gasteiger partial charge < -0.3 is 9.73 Å². The lowest BCUT2D eigenvalue weighted by atomic mass is 10.2. The third-order valence-electron chi connectivity index (χ3n) is 2.48. The Morgan fingerprint density at radius 2 is 2.29 bits per heavy atom. The van der Waals surface area contributed by atoms with Crippen LogP contribution in [0, 0.1) is 0 Å². The topological polar surface area (TPSA) is 38.1 Å². The van der Waals surface area contributed by atoms with Crippen molar-refractivity contribution >= 4 is 11.6 Å². The maximum atomic E-state index is 5.93. The lowest BCUT2D eigenvalue weighted by Crippen LogP contribution is -2.08. The number of hydrogen-bond donors (Lipinski definition) is 1. The number of aromatic nitrogens is 1. The highest BCUT2D eigenvalue weighted by Gasteiger charge is 2.06. The van der Waals surface area contributed by atoms with E-state index in [9.17, 15) is 0 Å². The highest BCUT2D eigenvalue weighted by atomic mass is 35.5. The van der Waals surface area contributed by atoms with Crippen LogP contribution in [0.25, 0.3) is 11.5 Å². The van der Waals surface area contributed by atoms with Crippen molar-refractivity contribution in [3.63, 3.8) is 0 Å². The summed E-state index contributed by atoms with van der Waals surface area (Å²) in [6.07, 6.45) is 3.72. The van der Waals surface area contributed by atoms with E-state index in [1.807, 2.05) is 31.3 Å². The second kappa shape index (κ2) is 5.84. The Kier molecular flexibility index (Phi) is 4.18. The second-order valence-electron chi connectivity index (χ2n) is 3.85. The minimum Gasteiger partial charge on any atom is -0.441 e. The van der Waals surface area contributed by atoms with Gasteiger partial charge in [0, 0.05) is 17.0 Å². The fraction of sp³-hybridized carbons (Fsp3) is 0.308. The summed E-state index contributed by atoms with van der Waals surface area (Å²) in [6.45, 7) is 0.979. The summed E-state index contributed by atoms with van der Waals surface area (Å²) in [5.74, 6) is 1.54. The molecule has 1 aromatic carbocycles. The van der Waals surface area contributed by atoms with Gasteiger partial charge in [0.25, 0.3) is 0 Å². The van der Waals surface area contributed by atoms with Crippen molar-refractivity contribution in [1.82, 2.24) is 10.3 Å². The summed E-state index contributed by atoms with van der Waals surface area (Å²) in [5, 5.41) is 3.80. The summed E-state index contributed by atoms with van der Waals surface area (Å²) in [7, 11) is 1.94. The zero-order valence-electron chi connectivity index (χ0n) is 9.74. The molecule has 0 radical (unpaired) electrons. The second-order valence-corrected chi connectivity index (χ2v) is 4.29. The minimum atomic E-state index is 0.631. The number of nitrogens with zero attached hydrogens (tertiary/aromatic N) is 1. The van der Waals surface area contributed by atoms with Crippen molar-refractivity contribution in [3.05, 3.63) is 41.2 Å². The van der Waals surface area contributed by atoms with E-state index >= 15 is 0 Å². The van der Waals surface area contributed by atoms with Crippen molar-refractivity contribution in [2.24, 2.45) is 0 Å². The van der Waals surface area contributed by atoms with E-state index in [4.69, 9.17) is 16.0 Å². The molecule has 90 valence electrons. The Balaban J connectivity index is 2.07. The van der Waals surface area contributed by atoms with E-state index in [1.165, 1.54) is 0 Å². The van der Waals surface area contributed by atoms with E-state index in [-0.39, 0.29) is 0 Å². The molecule has 0 atom stereocenters. The first kappa shape index (κ1) is 12.1. The number of hydrogen-bond acceptors (Lipinski definition) is 3. The molecule has 0 spiro atoms. The molecule has 0 saturated carbocycles. The molecular formula is C13H15ClN2O. The van der Waals surface area contributed by atoms with Crippen LogP contribution < -0.4 is 5.32 Å². The summed E-state index contributed by atoms with van der Waals surface area (Å²) in [5.41, 5.74) is 0.914. The lowest BCUT2D eigenvalue weighted by Gasteiger charge is -1.97. The normalized spacial score (nSPS) is 10.7. The zero-order chi connectivity index (χ0) is 12.1. The standard InChI is InChI=1S/C13H15ClN2O/c1-15-7-3-6-12-9-16-13(17-12)10-4-2-5-11(14)8-10/h2,4-5,8-9,15H,3,6-7H2,1H3. The molecule has 1 heterocycles. The van der Waals surface area contributed by atoms with Crippen LogP contribution >= 0.6 is 11.6 Å². The molecule has 0 fully saturated rings. The van der Waals surface area contributed by atoms with Gasteiger partial charge in [0.1, 0.15) is 5.76 Å². The molecule has 3 nitrogen and oxygen atoms in total. The summed E-state index contributed by atoms with van der Waals surface area (Å²) in [6, 6.07) is 7.52. The van der Waals surface area contributed by atoms with Crippen molar-refractivity contribution in [1.29, 1.82) is 0 Å². The highest BCUT2D eigenvalue weighted by Crippen LogP contribution is 2.22. The molecule has 0 aliphatic heterocycles. The maximum absolute atomic E-state index is 5.93. The fourth-order valence-electron chi connectivity index (χ4n) is 1.62. The van der Waals surface area contributed by atoms with Crippen LogP contribution in [0.3, 0.4) is 0 Å². The molecule has 17 heavy (non-hydrogen) atoms. The molecule has 0 bridgehead atoms. The molecule has 1 aromatic heterocycles. The van der Waals surface area contributed by atoms with Gasteiger partial charge in [-0.25, -0.2) is 4.98 Å². The molecular weight excluding hydrogens is 236 g/mol. The largest absolute Gasteiger partial charge is 0.441 e. The number of nitrogens with one attached hydrogen (secondary N) is 1. The van der Waals surface area contributed by atoms with Gasteiger partial charge in [0.15, 0.2) is 0 Å². The third kappa shape index (κ3) is 3.32. The zero-order valence-corrected chi connectivity index (χ0v) is 10.5. The van der Waals surface area contributed by atoms with Crippen LogP contribution in [0.4, 0.5) is 0 Å². The number of oxazole rings is 1. The van der Waals surface area contributed by atoms with Gasteiger partial charge in [0.05, 0.1) is 6.20 Å². The SMILES string of the molecule is CNCCCc1cnc(-c2cccc(Cl)c2)o1. The number of benzene rings is 1. The van der Waals surface area contributed by atoms with E-state index in [2.05, 4.69) is 10.3 Å². The van der Waals surface area contributed by atoms with E-state index in [0.29, 0.717) is 10.9 Å².